The lowest BCUT2D eigenvalue weighted by Crippen LogP contribution is -2.53. The molecule has 2 heterocycles. The van der Waals surface area contributed by atoms with Crippen LogP contribution in [0.2, 0.25) is 0 Å². The minimum atomic E-state index is -0.773. The molecule has 0 radical (unpaired) electrons. The zero-order valence-electron chi connectivity index (χ0n) is 32.8. The fourth-order valence-electron chi connectivity index (χ4n) is 7.36. The van der Waals surface area contributed by atoms with Crippen LogP contribution in [0.3, 0.4) is 0 Å². The second kappa shape index (κ2) is 17.8. The van der Waals surface area contributed by atoms with Crippen LogP contribution in [-0.2, 0) is 9.59 Å². The number of phenols is 8. The molecule has 6 aromatic rings. The second-order valence-electron chi connectivity index (χ2n) is 14.8. The topological polar surface area (TPSA) is 299 Å². The van der Waals surface area contributed by atoms with Crippen LogP contribution < -0.4 is 31.0 Å². The molecule has 1 aliphatic rings. The third-order valence-electron chi connectivity index (χ3n) is 10.4. The van der Waals surface area contributed by atoms with Crippen LogP contribution in [0, 0.1) is 0 Å². The van der Waals surface area contributed by atoms with E-state index in [9.17, 15) is 60.0 Å². The zero-order valence-corrected chi connectivity index (χ0v) is 32.8. The van der Waals surface area contributed by atoms with Gasteiger partial charge in [0.1, 0.15) is 44.9 Å². The molecule has 0 spiro atoms. The number of aromatic hydroxyl groups is 8. The van der Waals surface area contributed by atoms with Crippen molar-refractivity contribution >= 4 is 33.8 Å². The molecule has 4 aromatic carbocycles. The van der Waals surface area contributed by atoms with Crippen molar-refractivity contribution in [3.05, 3.63) is 81.1 Å². The summed E-state index contributed by atoms with van der Waals surface area (Å²) in [5, 5.41) is 86.0. The van der Waals surface area contributed by atoms with Gasteiger partial charge >= 0.3 is 0 Å². The fourth-order valence-corrected chi connectivity index (χ4v) is 7.36. The largest absolute Gasteiger partial charge is 0.508 e. The van der Waals surface area contributed by atoms with Crippen LogP contribution in [-0.4, -0.2) is 78.0 Å². The molecule has 2 amide bonds. The van der Waals surface area contributed by atoms with Crippen molar-refractivity contribution in [1.82, 2.24) is 10.6 Å². The molecular weight excluding hydrogens is 812 g/mol. The fraction of sp³-hybridized carbons (Fsp3) is 0.273. The first kappa shape index (κ1) is 42.4. The minimum absolute atomic E-state index is 0.0185. The van der Waals surface area contributed by atoms with Gasteiger partial charge in [-0.15, -0.1) is 0 Å². The quantitative estimate of drug-likeness (QED) is 0.0482. The molecule has 0 saturated heterocycles. The standard InChI is InChI=1S/C44H42N2O16/c47-23-17-31(53)37-33(19-23)61-41(21-9-11-27(49)29(51)15-21)43(39(37)57)59-13-3-7-35(55)45-25-5-1-2-6-26(25)46-36(56)8-4-14-60-44-40(58)38-32(54)18-24(48)20-34(38)62-42(44)22-10-12-28(50)30(52)16-22/h9-12,15-20,25-26,47-54H,1-8,13-14H2,(H,45,55)(H,46,56)/t25-,26+. The van der Waals surface area contributed by atoms with Crippen LogP contribution in [0.25, 0.3) is 44.6 Å². The number of carbonyl (C=O) groups excluding carboxylic acids is 2. The highest BCUT2D eigenvalue weighted by Gasteiger charge is 2.28. The van der Waals surface area contributed by atoms with Gasteiger partial charge in [0.2, 0.25) is 34.2 Å². The van der Waals surface area contributed by atoms with Crippen molar-refractivity contribution in [2.75, 3.05) is 13.2 Å². The molecule has 62 heavy (non-hydrogen) atoms. The highest BCUT2D eigenvalue weighted by Crippen LogP contribution is 2.40. The number of amides is 2. The smallest absolute Gasteiger partial charge is 0.239 e. The van der Waals surface area contributed by atoms with Gasteiger partial charge in [-0.1, -0.05) is 12.8 Å². The monoisotopic (exact) mass is 854 g/mol. The number of carbonyl (C=O) groups is 2. The van der Waals surface area contributed by atoms with E-state index in [2.05, 4.69) is 10.6 Å². The summed E-state index contributed by atoms with van der Waals surface area (Å²) in [6.07, 6.45) is 3.09. The van der Waals surface area contributed by atoms with Gasteiger partial charge in [0.15, 0.2) is 34.5 Å². The molecule has 2 atom stereocenters. The lowest BCUT2D eigenvalue weighted by molar-refractivity contribution is -0.125. The van der Waals surface area contributed by atoms with E-state index < -0.39 is 45.4 Å². The first-order valence-electron chi connectivity index (χ1n) is 19.6. The van der Waals surface area contributed by atoms with Crippen molar-refractivity contribution in [3.8, 4) is 80.1 Å². The van der Waals surface area contributed by atoms with E-state index in [1.165, 1.54) is 24.3 Å². The maximum atomic E-state index is 13.5. The van der Waals surface area contributed by atoms with Gasteiger partial charge in [-0.3, -0.25) is 19.2 Å². The van der Waals surface area contributed by atoms with Gasteiger partial charge in [0.05, 0.1) is 13.2 Å². The van der Waals surface area contributed by atoms with Crippen LogP contribution in [0.1, 0.15) is 51.4 Å². The number of phenolic OH excluding ortho intramolecular Hbond substituents is 8. The SMILES string of the molecule is O=C(CCCOc1c(-c2ccc(O)c(O)c2)oc2cc(O)cc(O)c2c1=O)N[C@H]1CCCC[C@H]1NC(=O)CCCOc1c(-c2ccc(O)c(O)c2)oc2cc(O)cc(O)c2c1=O. The Hall–Kier alpha value is -7.76. The summed E-state index contributed by atoms with van der Waals surface area (Å²) in [7, 11) is 0. The minimum Gasteiger partial charge on any atom is -0.508 e. The van der Waals surface area contributed by atoms with E-state index in [1.54, 1.807) is 0 Å². The molecule has 2 aromatic heterocycles. The number of benzene rings is 4. The third-order valence-corrected chi connectivity index (χ3v) is 10.4. The van der Waals surface area contributed by atoms with Crippen LogP contribution in [0.15, 0.2) is 79.1 Å². The average molecular weight is 855 g/mol. The molecule has 324 valence electrons. The van der Waals surface area contributed by atoms with Gasteiger partial charge in [0.25, 0.3) is 0 Å². The summed E-state index contributed by atoms with van der Waals surface area (Å²) in [6.45, 7) is -0.283. The lowest BCUT2D eigenvalue weighted by atomic mass is 9.90. The van der Waals surface area contributed by atoms with E-state index in [1.807, 2.05) is 0 Å². The first-order valence-corrected chi connectivity index (χ1v) is 19.6. The Labute approximate surface area is 350 Å². The number of nitrogens with one attached hydrogen (secondary N) is 2. The van der Waals surface area contributed by atoms with E-state index >= 15 is 0 Å². The van der Waals surface area contributed by atoms with Crippen LogP contribution in [0.4, 0.5) is 0 Å². The predicted molar refractivity (Wildman–Crippen MR) is 221 cm³/mol. The summed E-state index contributed by atoms with van der Waals surface area (Å²) in [5.74, 6) is -5.30. The van der Waals surface area contributed by atoms with Gasteiger partial charge in [-0.2, -0.15) is 0 Å². The Morgan fingerprint density at radius 3 is 1.34 bits per heavy atom. The zero-order chi connectivity index (χ0) is 44.2. The molecule has 0 bridgehead atoms. The summed E-state index contributed by atoms with van der Waals surface area (Å²) in [4.78, 5) is 53.3. The van der Waals surface area contributed by atoms with Crippen molar-refractivity contribution < 1.29 is 68.7 Å². The molecular formula is C44H42N2O16. The highest BCUT2D eigenvalue weighted by molar-refractivity contribution is 5.89. The molecule has 0 aliphatic heterocycles. The van der Waals surface area contributed by atoms with E-state index in [-0.39, 0.29) is 130 Å². The summed E-state index contributed by atoms with van der Waals surface area (Å²) < 4.78 is 23.3. The van der Waals surface area contributed by atoms with Crippen molar-refractivity contribution in [2.24, 2.45) is 0 Å². The Bertz CT molecular complexity index is 2620. The molecule has 1 aliphatic carbocycles. The highest BCUT2D eigenvalue weighted by atomic mass is 16.5. The molecule has 10 N–H and O–H groups in total. The first-order chi connectivity index (χ1) is 29.7. The van der Waals surface area contributed by atoms with Crippen molar-refractivity contribution in [3.63, 3.8) is 0 Å². The third kappa shape index (κ3) is 9.03. The van der Waals surface area contributed by atoms with Gasteiger partial charge in [-0.25, -0.2) is 0 Å². The van der Waals surface area contributed by atoms with Gasteiger partial charge in [0, 0.05) is 60.3 Å². The molecule has 0 unspecified atom stereocenters. The van der Waals surface area contributed by atoms with Gasteiger partial charge in [-0.05, 0) is 62.1 Å². The van der Waals surface area contributed by atoms with E-state index in [0.29, 0.717) is 12.8 Å². The molecule has 1 fully saturated rings. The molecule has 18 nitrogen and oxygen atoms in total. The summed E-state index contributed by atoms with van der Waals surface area (Å²) in [6, 6.07) is 10.8. The Balaban J connectivity index is 0.948. The van der Waals surface area contributed by atoms with Crippen molar-refractivity contribution in [2.45, 2.75) is 63.5 Å². The predicted octanol–water partition coefficient (Wildman–Crippen LogP) is 5.44. The Kier molecular flexibility index (Phi) is 12.2. The van der Waals surface area contributed by atoms with Gasteiger partial charge < -0.3 is 69.8 Å². The molecule has 18 heteroatoms. The number of hydrogen-bond donors (Lipinski definition) is 10. The number of hydrogen-bond acceptors (Lipinski definition) is 16. The number of fused-ring (bicyclic) bond motifs is 2. The Morgan fingerprint density at radius 1 is 0.548 bits per heavy atom. The lowest BCUT2D eigenvalue weighted by Gasteiger charge is -2.33. The second-order valence-corrected chi connectivity index (χ2v) is 14.8. The maximum Gasteiger partial charge on any atom is 0.239 e. The number of ether oxygens (including phenoxy) is 2. The summed E-state index contributed by atoms with van der Waals surface area (Å²) in [5.41, 5.74) is -1.57. The molecule has 7 rings (SSSR count). The van der Waals surface area contributed by atoms with E-state index in [0.717, 1.165) is 49.2 Å². The Morgan fingerprint density at radius 2 is 0.952 bits per heavy atom. The maximum absolute atomic E-state index is 13.5. The van der Waals surface area contributed by atoms with Crippen LogP contribution >= 0.6 is 0 Å². The van der Waals surface area contributed by atoms with Crippen molar-refractivity contribution in [1.29, 1.82) is 0 Å². The van der Waals surface area contributed by atoms with E-state index in [4.69, 9.17) is 18.3 Å². The summed E-state index contributed by atoms with van der Waals surface area (Å²) >= 11 is 0. The average Bonchev–Trinajstić information content (AvgIpc) is 3.21. The van der Waals surface area contributed by atoms with Crippen LogP contribution in [0.5, 0.6) is 57.5 Å². The number of rotatable bonds is 14. The molecule has 1 saturated carbocycles. The normalized spacial score (nSPS) is 15.0.